The standard InChI is InChI=1S/C15H23N5/c1-11-8-14-17-10-18-20(14)15(9-11)19(3)13-6-4-12(16-2)5-7-13/h8-10,12-13,16H,4-7H2,1-3H3. The third-order valence-corrected chi connectivity index (χ3v) is 4.52. The van der Waals surface area contributed by atoms with Crippen molar-refractivity contribution in [3.63, 3.8) is 0 Å². The minimum absolute atomic E-state index is 0.591. The van der Waals surface area contributed by atoms with Crippen LogP contribution in [0.4, 0.5) is 5.82 Å². The minimum Gasteiger partial charge on any atom is -0.357 e. The average molecular weight is 273 g/mol. The summed E-state index contributed by atoms with van der Waals surface area (Å²) in [6, 6.07) is 5.55. The SMILES string of the molecule is CNC1CCC(N(C)c2cc(C)cc3ncnn23)CC1. The molecule has 0 radical (unpaired) electrons. The monoisotopic (exact) mass is 273 g/mol. The van der Waals surface area contributed by atoms with Crippen molar-refractivity contribution in [1.29, 1.82) is 0 Å². The first-order chi connectivity index (χ1) is 9.69. The second kappa shape index (κ2) is 5.40. The lowest BCUT2D eigenvalue weighted by molar-refractivity contribution is 0.350. The molecule has 0 amide bonds. The van der Waals surface area contributed by atoms with Crippen molar-refractivity contribution in [3.05, 3.63) is 24.0 Å². The predicted octanol–water partition coefficient (Wildman–Crippen LogP) is 2.00. The lowest BCUT2D eigenvalue weighted by atomic mass is 9.90. The summed E-state index contributed by atoms with van der Waals surface area (Å²) in [5.41, 5.74) is 2.16. The van der Waals surface area contributed by atoms with E-state index in [0.717, 1.165) is 11.5 Å². The molecule has 0 spiro atoms. The van der Waals surface area contributed by atoms with E-state index in [1.54, 1.807) is 6.33 Å². The van der Waals surface area contributed by atoms with Crippen LogP contribution < -0.4 is 10.2 Å². The van der Waals surface area contributed by atoms with Crippen molar-refractivity contribution < 1.29 is 0 Å². The van der Waals surface area contributed by atoms with E-state index in [2.05, 4.69) is 53.5 Å². The van der Waals surface area contributed by atoms with Crippen LogP contribution in [-0.2, 0) is 0 Å². The summed E-state index contributed by atoms with van der Waals surface area (Å²) < 4.78 is 1.94. The Balaban J connectivity index is 1.85. The molecule has 0 saturated heterocycles. The molecular weight excluding hydrogens is 250 g/mol. The Labute approximate surface area is 120 Å². The Morgan fingerprint density at radius 2 is 2.00 bits per heavy atom. The van der Waals surface area contributed by atoms with E-state index in [-0.39, 0.29) is 0 Å². The average Bonchev–Trinajstić information content (AvgIpc) is 2.94. The number of anilines is 1. The second-order valence-electron chi connectivity index (χ2n) is 5.83. The molecular formula is C15H23N5. The van der Waals surface area contributed by atoms with Crippen LogP contribution in [0.5, 0.6) is 0 Å². The molecule has 1 saturated carbocycles. The van der Waals surface area contributed by atoms with Crippen molar-refractivity contribution in [2.75, 3.05) is 19.0 Å². The molecule has 20 heavy (non-hydrogen) atoms. The summed E-state index contributed by atoms with van der Waals surface area (Å²) in [7, 11) is 4.24. The van der Waals surface area contributed by atoms with Gasteiger partial charge in [-0.05, 0) is 57.4 Å². The molecule has 0 unspecified atom stereocenters. The molecule has 1 aliphatic carbocycles. The van der Waals surface area contributed by atoms with Gasteiger partial charge in [-0.3, -0.25) is 0 Å². The van der Waals surface area contributed by atoms with Crippen LogP contribution in [0.2, 0.25) is 0 Å². The van der Waals surface area contributed by atoms with Gasteiger partial charge in [0.25, 0.3) is 0 Å². The highest BCUT2D eigenvalue weighted by atomic mass is 15.4. The van der Waals surface area contributed by atoms with Crippen LogP contribution >= 0.6 is 0 Å². The number of hydrogen-bond donors (Lipinski definition) is 1. The summed E-state index contributed by atoms with van der Waals surface area (Å²) in [4.78, 5) is 6.68. The maximum Gasteiger partial charge on any atom is 0.157 e. The molecule has 1 N–H and O–H groups in total. The Kier molecular flexibility index (Phi) is 3.61. The Morgan fingerprint density at radius 1 is 1.25 bits per heavy atom. The van der Waals surface area contributed by atoms with Crippen LogP contribution in [0.3, 0.4) is 0 Å². The Hall–Kier alpha value is -1.62. The third kappa shape index (κ3) is 2.38. The van der Waals surface area contributed by atoms with Crippen LogP contribution in [-0.4, -0.2) is 40.8 Å². The van der Waals surface area contributed by atoms with Gasteiger partial charge in [0.15, 0.2) is 5.65 Å². The molecule has 2 heterocycles. The minimum atomic E-state index is 0.591. The number of aromatic nitrogens is 3. The van der Waals surface area contributed by atoms with Crippen molar-refractivity contribution in [1.82, 2.24) is 19.9 Å². The maximum absolute atomic E-state index is 4.36. The molecule has 0 bridgehead atoms. The molecule has 2 aromatic heterocycles. The molecule has 0 aromatic carbocycles. The Morgan fingerprint density at radius 3 is 2.70 bits per heavy atom. The summed E-state index contributed by atoms with van der Waals surface area (Å²) >= 11 is 0. The van der Waals surface area contributed by atoms with Gasteiger partial charge < -0.3 is 10.2 Å². The van der Waals surface area contributed by atoms with E-state index >= 15 is 0 Å². The summed E-state index contributed by atoms with van der Waals surface area (Å²) in [5.74, 6) is 1.14. The van der Waals surface area contributed by atoms with E-state index in [1.807, 2.05) is 4.52 Å². The summed E-state index contributed by atoms with van der Waals surface area (Å²) in [6.45, 7) is 2.12. The molecule has 1 aliphatic rings. The van der Waals surface area contributed by atoms with E-state index in [0.29, 0.717) is 12.1 Å². The van der Waals surface area contributed by atoms with E-state index in [9.17, 15) is 0 Å². The molecule has 5 heteroatoms. The van der Waals surface area contributed by atoms with E-state index in [4.69, 9.17) is 0 Å². The smallest absolute Gasteiger partial charge is 0.157 e. The number of pyridine rings is 1. The highest BCUT2D eigenvalue weighted by Crippen LogP contribution is 2.27. The highest BCUT2D eigenvalue weighted by molar-refractivity contribution is 5.53. The van der Waals surface area contributed by atoms with Crippen LogP contribution in [0.1, 0.15) is 31.2 Å². The van der Waals surface area contributed by atoms with Gasteiger partial charge in [0.1, 0.15) is 12.1 Å². The molecule has 1 fully saturated rings. The summed E-state index contributed by atoms with van der Waals surface area (Å²) in [6.07, 6.45) is 6.58. The number of aryl methyl sites for hydroxylation is 1. The molecule has 0 atom stereocenters. The maximum atomic E-state index is 4.36. The molecule has 0 aliphatic heterocycles. The number of rotatable bonds is 3. The predicted molar refractivity (Wildman–Crippen MR) is 81.2 cm³/mol. The van der Waals surface area contributed by atoms with Gasteiger partial charge in [-0.2, -0.15) is 9.61 Å². The fourth-order valence-electron chi connectivity index (χ4n) is 3.23. The van der Waals surface area contributed by atoms with Crippen molar-refractivity contribution >= 4 is 11.5 Å². The zero-order chi connectivity index (χ0) is 14.1. The number of hydrogen-bond acceptors (Lipinski definition) is 4. The van der Waals surface area contributed by atoms with Gasteiger partial charge in [0.05, 0.1) is 0 Å². The van der Waals surface area contributed by atoms with E-state index in [1.165, 1.54) is 31.2 Å². The zero-order valence-electron chi connectivity index (χ0n) is 12.5. The van der Waals surface area contributed by atoms with Gasteiger partial charge in [0.2, 0.25) is 0 Å². The number of nitrogens with one attached hydrogen (secondary N) is 1. The van der Waals surface area contributed by atoms with Crippen molar-refractivity contribution in [2.24, 2.45) is 0 Å². The van der Waals surface area contributed by atoms with Gasteiger partial charge in [-0.1, -0.05) is 0 Å². The summed E-state index contributed by atoms with van der Waals surface area (Å²) in [5, 5.41) is 7.75. The van der Waals surface area contributed by atoms with Crippen molar-refractivity contribution in [2.45, 2.75) is 44.7 Å². The first kappa shape index (κ1) is 13.4. The lowest BCUT2D eigenvalue weighted by Crippen LogP contribution is -2.40. The largest absolute Gasteiger partial charge is 0.357 e. The van der Waals surface area contributed by atoms with Crippen LogP contribution in [0, 0.1) is 6.92 Å². The van der Waals surface area contributed by atoms with Crippen molar-refractivity contribution in [3.8, 4) is 0 Å². The first-order valence-corrected chi connectivity index (χ1v) is 7.39. The van der Waals surface area contributed by atoms with Gasteiger partial charge in [-0.15, -0.1) is 0 Å². The zero-order valence-corrected chi connectivity index (χ0v) is 12.5. The van der Waals surface area contributed by atoms with Gasteiger partial charge in [-0.25, -0.2) is 4.98 Å². The molecule has 3 rings (SSSR count). The fraction of sp³-hybridized carbons (Fsp3) is 0.600. The van der Waals surface area contributed by atoms with E-state index < -0.39 is 0 Å². The van der Waals surface area contributed by atoms with Crippen LogP contribution in [0.25, 0.3) is 5.65 Å². The Bertz CT molecular complexity index is 583. The molecule has 108 valence electrons. The fourth-order valence-corrected chi connectivity index (χ4v) is 3.23. The van der Waals surface area contributed by atoms with Gasteiger partial charge in [0, 0.05) is 19.1 Å². The number of nitrogens with zero attached hydrogens (tertiary/aromatic N) is 4. The van der Waals surface area contributed by atoms with Crippen LogP contribution in [0.15, 0.2) is 18.5 Å². The first-order valence-electron chi connectivity index (χ1n) is 7.39. The number of fused-ring (bicyclic) bond motifs is 1. The normalized spacial score (nSPS) is 23.1. The van der Waals surface area contributed by atoms with Gasteiger partial charge >= 0.3 is 0 Å². The molecule has 5 nitrogen and oxygen atoms in total. The topological polar surface area (TPSA) is 45.5 Å². The molecule has 2 aromatic rings. The second-order valence-corrected chi connectivity index (χ2v) is 5.83. The highest BCUT2D eigenvalue weighted by Gasteiger charge is 2.24. The quantitative estimate of drug-likeness (QED) is 0.929. The third-order valence-electron chi connectivity index (χ3n) is 4.52. The lowest BCUT2D eigenvalue weighted by Gasteiger charge is -2.35.